The van der Waals surface area contributed by atoms with Crippen molar-refractivity contribution in [1.29, 1.82) is 0 Å². The van der Waals surface area contributed by atoms with Crippen LogP contribution in [-0.4, -0.2) is 48.8 Å². The molecule has 2 bridgehead atoms. The molecule has 1 aliphatic heterocycles. The molecular formula is C20H23NO4. The molecule has 1 aromatic carbocycles. The molecule has 1 amide bonds. The van der Waals surface area contributed by atoms with Crippen LogP contribution in [0.4, 0.5) is 0 Å². The number of amides is 1. The molecule has 0 N–H and O–H groups in total. The van der Waals surface area contributed by atoms with Crippen LogP contribution in [0.3, 0.4) is 0 Å². The van der Waals surface area contributed by atoms with Gasteiger partial charge in [-0.25, -0.2) is 0 Å². The molecule has 0 spiro atoms. The van der Waals surface area contributed by atoms with Gasteiger partial charge in [-0.3, -0.25) is 4.79 Å². The van der Waals surface area contributed by atoms with Gasteiger partial charge in [0.05, 0.1) is 25.4 Å². The highest BCUT2D eigenvalue weighted by Crippen LogP contribution is 2.34. The summed E-state index contributed by atoms with van der Waals surface area (Å²) < 4.78 is 17.8. The molecule has 1 aliphatic carbocycles. The van der Waals surface area contributed by atoms with Crippen molar-refractivity contribution in [2.45, 2.75) is 38.0 Å². The van der Waals surface area contributed by atoms with E-state index in [9.17, 15) is 4.79 Å². The number of benzene rings is 1. The summed E-state index contributed by atoms with van der Waals surface area (Å²) in [4.78, 5) is 15.1. The molecule has 2 aromatic rings. The third kappa shape index (κ3) is 2.77. The number of aryl methyl sites for hydroxylation is 1. The second-order valence-electron chi connectivity index (χ2n) is 6.69. The maximum atomic E-state index is 13.3. The molecule has 1 aromatic heterocycles. The number of furan rings is 1. The van der Waals surface area contributed by atoms with E-state index < -0.39 is 0 Å². The fraction of sp³-hybridized carbons (Fsp3) is 0.450. The minimum atomic E-state index is -0.103. The summed E-state index contributed by atoms with van der Waals surface area (Å²) in [6, 6.07) is 7.77. The molecule has 5 nitrogen and oxygen atoms in total. The largest absolute Gasteiger partial charge is 0.451 e. The number of fused-ring (bicyclic) bond motifs is 3. The summed E-state index contributed by atoms with van der Waals surface area (Å²) >= 11 is 0. The Hall–Kier alpha value is -2.11. The van der Waals surface area contributed by atoms with E-state index in [-0.39, 0.29) is 24.2 Å². The summed E-state index contributed by atoms with van der Waals surface area (Å²) in [7, 11) is 0. The maximum absolute atomic E-state index is 13.3. The minimum Gasteiger partial charge on any atom is -0.451 e. The lowest BCUT2D eigenvalue weighted by molar-refractivity contribution is -0.0435. The Morgan fingerprint density at radius 2 is 2.24 bits per heavy atom. The van der Waals surface area contributed by atoms with Gasteiger partial charge in [0.15, 0.2) is 5.76 Å². The van der Waals surface area contributed by atoms with Crippen LogP contribution in [0.2, 0.25) is 0 Å². The molecule has 25 heavy (non-hydrogen) atoms. The third-order valence-electron chi connectivity index (χ3n) is 5.26. The molecular weight excluding hydrogens is 318 g/mol. The predicted molar refractivity (Wildman–Crippen MR) is 94.7 cm³/mol. The van der Waals surface area contributed by atoms with E-state index >= 15 is 0 Å². The van der Waals surface area contributed by atoms with Crippen molar-refractivity contribution in [1.82, 2.24) is 4.90 Å². The number of para-hydroxylation sites is 1. The van der Waals surface area contributed by atoms with Crippen LogP contribution in [0.25, 0.3) is 11.0 Å². The number of hydrogen-bond acceptors (Lipinski definition) is 4. The van der Waals surface area contributed by atoms with E-state index in [0.29, 0.717) is 25.5 Å². The van der Waals surface area contributed by atoms with E-state index in [1.54, 1.807) is 6.08 Å². The molecule has 132 valence electrons. The highest BCUT2D eigenvalue weighted by molar-refractivity contribution is 5.99. The van der Waals surface area contributed by atoms with Gasteiger partial charge in [0.25, 0.3) is 5.91 Å². The van der Waals surface area contributed by atoms with Gasteiger partial charge in [0, 0.05) is 17.5 Å². The van der Waals surface area contributed by atoms with Gasteiger partial charge in [-0.15, -0.1) is 6.58 Å². The van der Waals surface area contributed by atoms with Crippen molar-refractivity contribution in [2.24, 2.45) is 0 Å². The highest BCUT2D eigenvalue weighted by atomic mass is 16.5. The second kappa shape index (κ2) is 6.65. The Morgan fingerprint density at radius 3 is 3.04 bits per heavy atom. The second-order valence-corrected chi connectivity index (χ2v) is 6.69. The van der Waals surface area contributed by atoms with E-state index in [1.165, 1.54) is 0 Å². The number of carbonyl (C=O) groups excluding carboxylic acids is 1. The first-order valence-corrected chi connectivity index (χ1v) is 8.84. The molecule has 4 rings (SSSR count). The van der Waals surface area contributed by atoms with Crippen LogP contribution < -0.4 is 0 Å². The first-order valence-electron chi connectivity index (χ1n) is 8.84. The molecule has 2 heterocycles. The van der Waals surface area contributed by atoms with Gasteiger partial charge >= 0.3 is 0 Å². The van der Waals surface area contributed by atoms with E-state index in [1.807, 2.05) is 36.1 Å². The summed E-state index contributed by atoms with van der Waals surface area (Å²) in [6.45, 7) is 7.21. The Morgan fingerprint density at radius 1 is 1.40 bits per heavy atom. The summed E-state index contributed by atoms with van der Waals surface area (Å²) in [6.07, 6.45) is 3.49. The molecule has 3 unspecified atom stereocenters. The van der Waals surface area contributed by atoms with Crippen molar-refractivity contribution in [2.75, 3.05) is 19.8 Å². The van der Waals surface area contributed by atoms with Crippen molar-refractivity contribution in [3.8, 4) is 0 Å². The van der Waals surface area contributed by atoms with E-state index in [2.05, 4.69) is 6.58 Å². The SMILES string of the molecule is C=CCOC1C2CCC1N(C(=O)c1oc3ccccc3c1C)CCO2. The first-order chi connectivity index (χ1) is 12.2. The van der Waals surface area contributed by atoms with Crippen molar-refractivity contribution >= 4 is 16.9 Å². The molecule has 0 radical (unpaired) electrons. The van der Waals surface area contributed by atoms with E-state index in [0.717, 1.165) is 29.4 Å². The monoisotopic (exact) mass is 341 g/mol. The summed E-state index contributed by atoms with van der Waals surface area (Å²) in [5, 5.41) is 0.987. The molecule has 1 saturated heterocycles. The van der Waals surface area contributed by atoms with Crippen molar-refractivity contribution in [3.63, 3.8) is 0 Å². The number of ether oxygens (including phenoxy) is 2. The van der Waals surface area contributed by atoms with Crippen LogP contribution in [0, 0.1) is 6.92 Å². The van der Waals surface area contributed by atoms with Crippen LogP contribution in [0.5, 0.6) is 0 Å². The smallest absolute Gasteiger partial charge is 0.290 e. The number of rotatable bonds is 4. The standard InChI is InChI=1S/C20H23NO4/c1-3-11-24-19-15-8-9-17(19)23-12-10-21(15)20(22)18-13(2)14-6-4-5-7-16(14)25-18/h3-7,15,17,19H,1,8-12H2,2H3. The van der Waals surface area contributed by atoms with Gasteiger partial charge in [-0.1, -0.05) is 24.3 Å². The Bertz CT molecular complexity index is 796. The predicted octanol–water partition coefficient (Wildman–Crippen LogP) is 3.32. The summed E-state index contributed by atoms with van der Waals surface area (Å²) in [5.74, 6) is 0.353. The van der Waals surface area contributed by atoms with Gasteiger partial charge in [0.2, 0.25) is 0 Å². The quantitative estimate of drug-likeness (QED) is 0.801. The maximum Gasteiger partial charge on any atom is 0.290 e. The lowest BCUT2D eigenvalue weighted by Gasteiger charge is -2.30. The lowest BCUT2D eigenvalue weighted by atomic mass is 10.1. The zero-order valence-corrected chi connectivity index (χ0v) is 14.4. The topological polar surface area (TPSA) is 51.9 Å². The normalized spacial score (nSPS) is 26.0. The van der Waals surface area contributed by atoms with Gasteiger partial charge in [-0.2, -0.15) is 0 Å². The highest BCUT2D eigenvalue weighted by Gasteiger charge is 2.45. The van der Waals surface area contributed by atoms with Crippen LogP contribution in [-0.2, 0) is 9.47 Å². The molecule has 2 aliphatic rings. The fourth-order valence-corrected chi connectivity index (χ4v) is 4.05. The average Bonchev–Trinajstić information content (AvgIpc) is 3.10. The zero-order valence-electron chi connectivity index (χ0n) is 14.4. The van der Waals surface area contributed by atoms with Gasteiger partial charge < -0.3 is 18.8 Å². The first kappa shape index (κ1) is 16.4. The summed E-state index contributed by atoms with van der Waals surface area (Å²) in [5.41, 5.74) is 1.64. The lowest BCUT2D eigenvalue weighted by Crippen LogP contribution is -2.46. The number of nitrogens with zero attached hydrogens (tertiary/aromatic N) is 1. The van der Waals surface area contributed by atoms with Crippen molar-refractivity contribution in [3.05, 3.63) is 48.2 Å². The third-order valence-corrected chi connectivity index (χ3v) is 5.26. The fourth-order valence-electron chi connectivity index (χ4n) is 4.05. The Balaban J connectivity index is 1.65. The average molecular weight is 341 g/mol. The molecule has 1 saturated carbocycles. The Labute approximate surface area is 147 Å². The van der Waals surface area contributed by atoms with Crippen LogP contribution >= 0.6 is 0 Å². The van der Waals surface area contributed by atoms with E-state index in [4.69, 9.17) is 13.9 Å². The van der Waals surface area contributed by atoms with Crippen LogP contribution in [0.15, 0.2) is 41.3 Å². The van der Waals surface area contributed by atoms with Gasteiger partial charge in [-0.05, 0) is 25.8 Å². The number of hydrogen-bond donors (Lipinski definition) is 0. The minimum absolute atomic E-state index is 0.0209. The number of carbonyl (C=O) groups is 1. The molecule has 2 fully saturated rings. The zero-order chi connectivity index (χ0) is 17.4. The Kier molecular flexibility index (Phi) is 4.36. The van der Waals surface area contributed by atoms with Crippen LogP contribution in [0.1, 0.15) is 29.0 Å². The van der Waals surface area contributed by atoms with Crippen molar-refractivity contribution < 1.29 is 18.7 Å². The molecule has 3 atom stereocenters. The van der Waals surface area contributed by atoms with Gasteiger partial charge in [0.1, 0.15) is 11.7 Å². The molecule has 5 heteroatoms.